The van der Waals surface area contributed by atoms with Gasteiger partial charge in [0.2, 0.25) is 0 Å². The average molecular weight is 373 g/mol. The summed E-state index contributed by atoms with van der Waals surface area (Å²) in [5.74, 6) is 0. The van der Waals surface area contributed by atoms with Crippen LogP contribution in [0.4, 0.5) is 30.2 Å². The third-order valence-corrected chi connectivity index (χ3v) is 4.54. The first-order chi connectivity index (χ1) is 12.8. The van der Waals surface area contributed by atoms with Gasteiger partial charge < -0.3 is 10.2 Å². The number of pyridine rings is 1. The molecule has 0 unspecified atom stereocenters. The van der Waals surface area contributed by atoms with E-state index in [1.807, 2.05) is 30.3 Å². The minimum atomic E-state index is -4.38. The highest BCUT2D eigenvalue weighted by atomic mass is 19.4. The van der Waals surface area contributed by atoms with E-state index < -0.39 is 11.7 Å². The molecule has 6 heteroatoms. The molecule has 2 aromatic carbocycles. The second-order valence-electron chi connectivity index (χ2n) is 6.39. The summed E-state index contributed by atoms with van der Waals surface area (Å²) < 4.78 is 38.9. The molecule has 0 aliphatic heterocycles. The van der Waals surface area contributed by atoms with Crippen LogP contribution in [0.3, 0.4) is 0 Å². The number of nitrogens with zero attached hydrogens (tertiary/aromatic N) is 2. The molecule has 0 atom stereocenters. The highest BCUT2D eigenvalue weighted by molar-refractivity contribution is 5.93. The Kier molecular flexibility index (Phi) is 5.26. The van der Waals surface area contributed by atoms with Gasteiger partial charge in [-0.2, -0.15) is 13.2 Å². The molecule has 0 bridgehead atoms. The van der Waals surface area contributed by atoms with Gasteiger partial charge in [-0.25, -0.2) is 0 Å². The van der Waals surface area contributed by atoms with E-state index in [0.29, 0.717) is 16.6 Å². The van der Waals surface area contributed by atoms with Crippen molar-refractivity contribution < 1.29 is 13.2 Å². The van der Waals surface area contributed by atoms with Crippen molar-refractivity contribution in [3.63, 3.8) is 0 Å². The number of hydrogen-bond acceptors (Lipinski definition) is 3. The van der Waals surface area contributed by atoms with Crippen LogP contribution in [-0.2, 0) is 6.18 Å². The van der Waals surface area contributed by atoms with Crippen molar-refractivity contribution in [3.8, 4) is 0 Å². The maximum Gasteiger partial charge on any atom is 0.416 e. The summed E-state index contributed by atoms with van der Waals surface area (Å²) in [5.41, 5.74) is 3.04. The van der Waals surface area contributed by atoms with Crippen LogP contribution < -0.4 is 10.2 Å². The van der Waals surface area contributed by atoms with Crippen LogP contribution in [0.15, 0.2) is 48.5 Å². The molecule has 1 aromatic heterocycles. The molecule has 0 fully saturated rings. The lowest BCUT2D eigenvalue weighted by Gasteiger charge is -2.21. The van der Waals surface area contributed by atoms with E-state index in [1.54, 1.807) is 6.92 Å². The van der Waals surface area contributed by atoms with Crippen molar-refractivity contribution in [2.45, 2.75) is 26.9 Å². The van der Waals surface area contributed by atoms with Crippen molar-refractivity contribution in [3.05, 3.63) is 59.8 Å². The number of hydrogen-bond donors (Lipinski definition) is 1. The maximum atomic E-state index is 13.0. The lowest BCUT2D eigenvalue weighted by atomic mass is 10.1. The first kappa shape index (κ1) is 19.0. The Hall–Kier alpha value is -2.76. The van der Waals surface area contributed by atoms with Crippen LogP contribution in [0.25, 0.3) is 10.9 Å². The van der Waals surface area contributed by atoms with Crippen molar-refractivity contribution >= 4 is 28.0 Å². The lowest BCUT2D eigenvalue weighted by Crippen LogP contribution is -2.21. The van der Waals surface area contributed by atoms with Gasteiger partial charge in [0.15, 0.2) is 0 Å². The topological polar surface area (TPSA) is 28.2 Å². The number of aromatic nitrogens is 1. The Balaban J connectivity index is 1.95. The Labute approximate surface area is 156 Å². The SMILES string of the molecule is CCN(CC)c1ccc(Nc2cc(C)nc3cc(C(F)(F)F)ccc23)cc1. The van der Waals surface area contributed by atoms with Crippen molar-refractivity contribution in [2.75, 3.05) is 23.3 Å². The lowest BCUT2D eigenvalue weighted by molar-refractivity contribution is -0.137. The van der Waals surface area contributed by atoms with E-state index in [1.165, 1.54) is 6.07 Å². The molecule has 0 aliphatic rings. The Morgan fingerprint density at radius 3 is 2.22 bits per heavy atom. The van der Waals surface area contributed by atoms with Gasteiger partial charge in [-0.1, -0.05) is 6.07 Å². The summed E-state index contributed by atoms with van der Waals surface area (Å²) in [5, 5.41) is 3.96. The van der Waals surface area contributed by atoms with Crippen LogP contribution in [0.1, 0.15) is 25.1 Å². The van der Waals surface area contributed by atoms with Gasteiger partial charge in [0, 0.05) is 41.2 Å². The largest absolute Gasteiger partial charge is 0.416 e. The van der Waals surface area contributed by atoms with Gasteiger partial charge >= 0.3 is 6.18 Å². The molecule has 3 aromatic rings. The highest BCUT2D eigenvalue weighted by Crippen LogP contribution is 2.34. The van der Waals surface area contributed by atoms with E-state index in [4.69, 9.17) is 0 Å². The third-order valence-electron chi connectivity index (χ3n) is 4.54. The molecule has 0 aliphatic carbocycles. The van der Waals surface area contributed by atoms with Crippen molar-refractivity contribution in [1.82, 2.24) is 4.98 Å². The van der Waals surface area contributed by atoms with Gasteiger partial charge in [0.05, 0.1) is 11.1 Å². The molecule has 0 saturated carbocycles. The molecule has 0 spiro atoms. The van der Waals surface area contributed by atoms with Gasteiger partial charge in [0.25, 0.3) is 0 Å². The van der Waals surface area contributed by atoms with Crippen LogP contribution >= 0.6 is 0 Å². The molecule has 3 nitrogen and oxygen atoms in total. The molecule has 142 valence electrons. The van der Waals surface area contributed by atoms with Crippen LogP contribution in [0.5, 0.6) is 0 Å². The zero-order valence-corrected chi connectivity index (χ0v) is 15.6. The Bertz CT molecular complexity index is 930. The third kappa shape index (κ3) is 4.15. The molecule has 0 saturated heterocycles. The zero-order valence-electron chi connectivity index (χ0n) is 15.6. The summed E-state index contributed by atoms with van der Waals surface area (Å²) in [6.45, 7) is 7.85. The van der Waals surface area contributed by atoms with E-state index >= 15 is 0 Å². The first-order valence-electron chi connectivity index (χ1n) is 8.92. The fourth-order valence-electron chi connectivity index (χ4n) is 3.14. The predicted octanol–water partition coefficient (Wildman–Crippen LogP) is 6.15. The van der Waals surface area contributed by atoms with Gasteiger partial charge in [-0.15, -0.1) is 0 Å². The summed E-state index contributed by atoms with van der Waals surface area (Å²) in [6.07, 6.45) is -4.38. The second-order valence-corrected chi connectivity index (χ2v) is 6.39. The van der Waals surface area contributed by atoms with E-state index in [9.17, 15) is 13.2 Å². The molecular weight excluding hydrogens is 351 g/mol. The Morgan fingerprint density at radius 2 is 1.63 bits per heavy atom. The number of rotatable bonds is 5. The fraction of sp³-hybridized carbons (Fsp3) is 0.286. The Morgan fingerprint density at radius 1 is 0.963 bits per heavy atom. The summed E-state index contributed by atoms with van der Waals surface area (Å²) >= 11 is 0. The standard InChI is InChI=1S/C21H22F3N3/c1-4-27(5-2)17-9-7-16(8-10-17)26-19-12-14(3)25-20-13-15(21(22,23)24)6-11-18(19)20/h6-13H,4-5H2,1-3H3,(H,25,26). The predicted molar refractivity (Wildman–Crippen MR) is 105 cm³/mol. The number of fused-ring (bicyclic) bond motifs is 1. The molecule has 1 heterocycles. The molecule has 0 radical (unpaired) electrons. The molecule has 1 N–H and O–H groups in total. The van der Waals surface area contributed by atoms with E-state index in [-0.39, 0.29) is 0 Å². The first-order valence-corrected chi connectivity index (χ1v) is 8.92. The molecular formula is C21H22F3N3. The average Bonchev–Trinajstić information content (AvgIpc) is 2.62. The van der Waals surface area contributed by atoms with Crippen molar-refractivity contribution in [1.29, 1.82) is 0 Å². The fourth-order valence-corrected chi connectivity index (χ4v) is 3.14. The zero-order chi connectivity index (χ0) is 19.6. The maximum absolute atomic E-state index is 13.0. The normalized spacial score (nSPS) is 11.6. The monoisotopic (exact) mass is 373 g/mol. The van der Waals surface area contributed by atoms with Gasteiger partial charge in [-0.3, -0.25) is 4.98 Å². The number of anilines is 3. The van der Waals surface area contributed by atoms with E-state index in [0.717, 1.165) is 42.3 Å². The quantitative estimate of drug-likeness (QED) is 0.581. The molecule has 27 heavy (non-hydrogen) atoms. The number of nitrogens with one attached hydrogen (secondary N) is 1. The highest BCUT2D eigenvalue weighted by Gasteiger charge is 2.30. The molecule has 0 amide bonds. The van der Waals surface area contributed by atoms with Gasteiger partial charge in [-0.05, 0) is 63.2 Å². The minimum absolute atomic E-state index is 0.326. The molecule has 3 rings (SSSR count). The summed E-state index contributed by atoms with van der Waals surface area (Å²) in [6, 6.07) is 13.5. The van der Waals surface area contributed by atoms with Gasteiger partial charge in [0.1, 0.15) is 0 Å². The van der Waals surface area contributed by atoms with Crippen molar-refractivity contribution in [2.24, 2.45) is 0 Å². The smallest absolute Gasteiger partial charge is 0.372 e. The van der Waals surface area contributed by atoms with Crippen LogP contribution in [0.2, 0.25) is 0 Å². The minimum Gasteiger partial charge on any atom is -0.372 e. The number of halogens is 3. The second kappa shape index (κ2) is 7.47. The van der Waals surface area contributed by atoms with Crippen LogP contribution in [-0.4, -0.2) is 18.1 Å². The number of alkyl halides is 3. The number of benzene rings is 2. The summed E-state index contributed by atoms with van der Waals surface area (Å²) in [4.78, 5) is 6.51. The van der Waals surface area contributed by atoms with Crippen LogP contribution in [0, 0.1) is 6.92 Å². The number of aryl methyl sites for hydroxylation is 1. The van der Waals surface area contributed by atoms with E-state index in [2.05, 4.69) is 29.0 Å². The summed E-state index contributed by atoms with van der Waals surface area (Å²) in [7, 11) is 0.